The summed E-state index contributed by atoms with van der Waals surface area (Å²) in [5.74, 6) is -1.74. The number of aromatic hydroxyl groups is 1. The Labute approximate surface area is 275 Å². The molecule has 254 valence electrons. The van der Waals surface area contributed by atoms with Gasteiger partial charge in [-0.05, 0) is 37.6 Å². The van der Waals surface area contributed by atoms with E-state index in [1.54, 1.807) is 43.3 Å². The summed E-state index contributed by atoms with van der Waals surface area (Å²) in [5, 5.41) is 23.7. The summed E-state index contributed by atoms with van der Waals surface area (Å²) in [7, 11) is 7.10. The molecule has 3 aromatic rings. The molecule has 0 fully saturated rings. The number of unbranched alkanes of at least 4 members (excludes halogenated alkanes) is 2. The maximum Gasteiger partial charge on any atom is 0.338 e. The van der Waals surface area contributed by atoms with Crippen molar-refractivity contribution in [1.29, 1.82) is 0 Å². The molecule has 11 heteroatoms. The molecule has 1 unspecified atom stereocenters. The second kappa shape index (κ2) is 14.8. The van der Waals surface area contributed by atoms with Gasteiger partial charge in [0.25, 0.3) is 0 Å². The molecule has 3 aromatic carbocycles. The number of fused-ring (bicyclic) bond motifs is 3. The average Bonchev–Trinajstić information content (AvgIpc) is 3.07. The molecular weight excluding hydrogens is 608 g/mol. The van der Waals surface area contributed by atoms with Crippen molar-refractivity contribution in [3.63, 3.8) is 0 Å². The second-order valence-corrected chi connectivity index (χ2v) is 11.6. The van der Waals surface area contributed by atoms with E-state index in [9.17, 15) is 19.8 Å². The Kier molecular flexibility index (Phi) is 11.1. The van der Waals surface area contributed by atoms with Gasteiger partial charge in [0, 0.05) is 34.6 Å². The lowest BCUT2D eigenvalue weighted by Crippen LogP contribution is -2.46. The molecule has 11 nitrogen and oxygen atoms in total. The number of aliphatic hydroxyl groups is 1. The first-order chi connectivity index (χ1) is 22.5. The summed E-state index contributed by atoms with van der Waals surface area (Å²) in [6, 6.07) is 11.4. The molecule has 0 heterocycles. The molecule has 0 saturated heterocycles. The van der Waals surface area contributed by atoms with Gasteiger partial charge in [0.1, 0.15) is 11.7 Å². The summed E-state index contributed by atoms with van der Waals surface area (Å²) >= 11 is 0. The Bertz CT molecular complexity index is 1580. The first-order valence-corrected chi connectivity index (χ1v) is 15.5. The molecule has 0 saturated carbocycles. The number of hydrogen-bond acceptors (Lipinski definition) is 11. The van der Waals surface area contributed by atoms with Crippen molar-refractivity contribution in [2.75, 3.05) is 35.5 Å². The van der Waals surface area contributed by atoms with Crippen molar-refractivity contribution in [1.82, 2.24) is 0 Å². The molecule has 0 spiro atoms. The van der Waals surface area contributed by atoms with E-state index in [1.807, 2.05) is 6.92 Å². The van der Waals surface area contributed by atoms with Gasteiger partial charge in [0.05, 0.1) is 41.1 Å². The van der Waals surface area contributed by atoms with Crippen LogP contribution < -0.4 is 23.7 Å². The zero-order valence-corrected chi connectivity index (χ0v) is 28.2. The average molecular weight is 653 g/mol. The van der Waals surface area contributed by atoms with Crippen LogP contribution in [0, 0.1) is 5.92 Å². The zero-order chi connectivity index (χ0) is 34.5. The molecule has 1 aliphatic carbocycles. The molecule has 4 rings (SSSR count). The first kappa shape index (κ1) is 35.2. The zero-order valence-electron chi connectivity index (χ0n) is 28.2. The van der Waals surface area contributed by atoms with Gasteiger partial charge in [-0.3, -0.25) is 4.79 Å². The third-order valence-electron chi connectivity index (χ3n) is 8.74. The number of ether oxygens (including phenoxy) is 7. The number of phenolic OH excluding ortho intramolecular Hbond substituents is 1. The van der Waals surface area contributed by atoms with Crippen LogP contribution in [0.4, 0.5) is 0 Å². The highest BCUT2D eigenvalue weighted by Gasteiger charge is 2.51. The third-order valence-corrected chi connectivity index (χ3v) is 8.74. The van der Waals surface area contributed by atoms with Gasteiger partial charge in [0.15, 0.2) is 29.1 Å². The molecule has 0 radical (unpaired) electrons. The van der Waals surface area contributed by atoms with Crippen molar-refractivity contribution in [2.24, 2.45) is 5.92 Å². The van der Waals surface area contributed by atoms with Gasteiger partial charge in [-0.15, -0.1) is 0 Å². The Morgan fingerprint density at radius 2 is 1.38 bits per heavy atom. The largest absolute Gasteiger partial charge is 0.504 e. The molecule has 1 aliphatic rings. The Balaban J connectivity index is 2.16. The quantitative estimate of drug-likeness (QED) is 0.162. The van der Waals surface area contributed by atoms with E-state index in [4.69, 9.17) is 33.2 Å². The number of carbonyl (C=O) groups is 2. The van der Waals surface area contributed by atoms with Crippen molar-refractivity contribution in [3.05, 3.63) is 59.2 Å². The standard InChI is InChI=1S/C36H44O11/c1-9-10-12-17-26(38)46-29-20(2)36(3,40)34(47-35(39)21-15-13-11-14-16-21)23-19-25(41-4)31(43-6)33(45-8)28(23)27-22(29)18-24(37)30(42-5)32(27)44-7/h11,13-16,18-20,29,34,37,40H,9-10,12,17H2,1-8H3/t20-,29+,34?,36-/m0/s1. The molecule has 0 amide bonds. The normalized spacial score (nSPS) is 20.1. The van der Waals surface area contributed by atoms with Gasteiger partial charge in [-0.1, -0.05) is 44.9 Å². The molecule has 4 atom stereocenters. The van der Waals surface area contributed by atoms with Crippen molar-refractivity contribution in [3.8, 4) is 45.6 Å². The fourth-order valence-electron chi connectivity index (χ4n) is 6.11. The fourth-order valence-corrected chi connectivity index (χ4v) is 6.11. The summed E-state index contributed by atoms with van der Waals surface area (Å²) < 4.78 is 41.2. The summed E-state index contributed by atoms with van der Waals surface area (Å²) in [4.78, 5) is 27.0. The van der Waals surface area contributed by atoms with Crippen LogP contribution in [-0.2, 0) is 14.3 Å². The molecule has 0 aliphatic heterocycles. The fraction of sp³-hybridized carbons (Fsp3) is 0.444. The highest BCUT2D eigenvalue weighted by Crippen LogP contribution is 2.60. The summed E-state index contributed by atoms with van der Waals surface area (Å²) in [6.07, 6.45) is -0.0468. The van der Waals surface area contributed by atoms with E-state index in [-0.39, 0.29) is 57.6 Å². The molecule has 47 heavy (non-hydrogen) atoms. The van der Waals surface area contributed by atoms with Gasteiger partial charge in [-0.25, -0.2) is 4.79 Å². The van der Waals surface area contributed by atoms with Crippen LogP contribution >= 0.6 is 0 Å². The minimum atomic E-state index is -1.89. The number of carbonyl (C=O) groups excluding carboxylic acids is 2. The first-order valence-electron chi connectivity index (χ1n) is 15.5. The van der Waals surface area contributed by atoms with E-state index in [0.717, 1.165) is 12.8 Å². The van der Waals surface area contributed by atoms with Gasteiger partial charge in [-0.2, -0.15) is 0 Å². The maximum atomic E-state index is 13.7. The predicted molar refractivity (Wildman–Crippen MR) is 174 cm³/mol. The number of rotatable bonds is 12. The third kappa shape index (κ3) is 6.62. The Morgan fingerprint density at radius 3 is 1.96 bits per heavy atom. The van der Waals surface area contributed by atoms with Crippen LogP contribution in [0.5, 0.6) is 34.5 Å². The molecule has 0 bridgehead atoms. The van der Waals surface area contributed by atoms with Crippen LogP contribution in [-0.4, -0.2) is 63.3 Å². The lowest BCUT2D eigenvalue weighted by atomic mass is 9.71. The van der Waals surface area contributed by atoms with Gasteiger partial charge >= 0.3 is 11.9 Å². The minimum absolute atomic E-state index is 0.000114. The van der Waals surface area contributed by atoms with Gasteiger partial charge < -0.3 is 43.4 Å². The molecule has 0 aromatic heterocycles. The van der Waals surface area contributed by atoms with E-state index in [2.05, 4.69) is 0 Å². The Morgan fingerprint density at radius 1 is 0.787 bits per heavy atom. The predicted octanol–water partition coefficient (Wildman–Crippen LogP) is 6.57. The molecule has 2 N–H and O–H groups in total. The number of esters is 2. The van der Waals surface area contributed by atoms with Crippen LogP contribution in [0.3, 0.4) is 0 Å². The number of hydrogen-bond donors (Lipinski definition) is 2. The lowest BCUT2D eigenvalue weighted by molar-refractivity contribution is -0.169. The molecular formula is C36H44O11. The maximum absolute atomic E-state index is 13.7. The number of methoxy groups -OCH3 is 5. The topological polar surface area (TPSA) is 139 Å². The van der Waals surface area contributed by atoms with Crippen molar-refractivity contribution < 1.29 is 53.0 Å². The van der Waals surface area contributed by atoms with Crippen LogP contribution in [0.1, 0.15) is 80.1 Å². The highest BCUT2D eigenvalue weighted by molar-refractivity contribution is 5.91. The lowest BCUT2D eigenvalue weighted by Gasteiger charge is -2.44. The summed E-state index contributed by atoms with van der Waals surface area (Å²) in [6.45, 7) is 5.23. The van der Waals surface area contributed by atoms with E-state index >= 15 is 0 Å². The van der Waals surface area contributed by atoms with Crippen LogP contribution in [0.15, 0.2) is 42.5 Å². The second-order valence-electron chi connectivity index (χ2n) is 11.6. The monoisotopic (exact) mass is 652 g/mol. The van der Waals surface area contributed by atoms with E-state index in [1.165, 1.54) is 48.5 Å². The summed E-state index contributed by atoms with van der Waals surface area (Å²) in [5.41, 5.74) is -0.462. The SMILES string of the molecule is CCCCCC(=O)O[C@H]1c2cc(O)c(OC)c(OC)c2-c2c(cc(OC)c(OC)c2OC)C(OC(=O)c2ccccc2)[C@@](C)(O)[C@H]1C. The highest BCUT2D eigenvalue weighted by atomic mass is 16.6. The number of phenols is 1. The van der Waals surface area contributed by atoms with E-state index < -0.39 is 35.7 Å². The minimum Gasteiger partial charge on any atom is -0.504 e. The number of benzene rings is 3. The van der Waals surface area contributed by atoms with Crippen molar-refractivity contribution in [2.45, 2.75) is 64.3 Å². The smallest absolute Gasteiger partial charge is 0.338 e. The van der Waals surface area contributed by atoms with Crippen molar-refractivity contribution >= 4 is 11.9 Å². The van der Waals surface area contributed by atoms with E-state index in [0.29, 0.717) is 17.5 Å². The van der Waals surface area contributed by atoms with Crippen LogP contribution in [0.25, 0.3) is 11.1 Å². The van der Waals surface area contributed by atoms with Crippen LogP contribution in [0.2, 0.25) is 0 Å². The Hall–Kier alpha value is -4.64. The van der Waals surface area contributed by atoms with Gasteiger partial charge in [0.2, 0.25) is 11.5 Å².